The first-order valence-electron chi connectivity index (χ1n) is 16.9. The number of nitrogens with zero attached hydrogens (tertiary/aromatic N) is 4. The van der Waals surface area contributed by atoms with Gasteiger partial charge in [0, 0.05) is 69.0 Å². The summed E-state index contributed by atoms with van der Waals surface area (Å²) in [7, 11) is 2.01. The van der Waals surface area contributed by atoms with Gasteiger partial charge in [0.15, 0.2) is 6.29 Å². The second-order valence-corrected chi connectivity index (χ2v) is 15.1. The lowest BCUT2D eigenvalue weighted by Crippen LogP contribution is -2.47. The molecule has 49 heavy (non-hydrogen) atoms. The number of carboxylic acid groups (broad SMARTS) is 1. The van der Waals surface area contributed by atoms with Gasteiger partial charge < -0.3 is 28.8 Å². The van der Waals surface area contributed by atoms with Gasteiger partial charge in [-0.25, -0.2) is 9.52 Å². The highest BCUT2D eigenvalue weighted by atomic mass is 32.2. The fourth-order valence-corrected chi connectivity index (χ4v) is 8.47. The molecule has 1 saturated carbocycles. The maximum atomic E-state index is 13.6. The van der Waals surface area contributed by atoms with Crippen LogP contribution in [0.5, 0.6) is 5.75 Å². The number of nitrogens with one attached hydrogen (secondary N) is 1. The molecule has 2 fully saturated rings. The summed E-state index contributed by atoms with van der Waals surface area (Å²) in [5, 5.41) is 10.7. The number of likely N-dealkylation sites (tertiary alicyclic amines) is 1. The maximum absolute atomic E-state index is 13.6. The van der Waals surface area contributed by atoms with E-state index in [9.17, 15) is 23.1 Å². The van der Waals surface area contributed by atoms with E-state index in [1.807, 2.05) is 31.3 Å². The normalized spacial score (nSPS) is 20.3. The molecule has 266 valence electrons. The first-order chi connectivity index (χ1) is 23.5. The summed E-state index contributed by atoms with van der Waals surface area (Å²) in [4.78, 5) is 29.0. The zero-order valence-electron chi connectivity index (χ0n) is 28.6. The standard InChI is InChI=1S/C35H47N5O8S/c1-37(21-31(46-3)47-4)49(44,45)36-34(41)24-14-15-27-29(18-24)40-20-26(38(2)25-16-17-39(19-25)35(42)43)22-48-30-13-9-8-12-28(30)33(40)32(27)23-10-6-5-7-11-23/h8-9,12-15,18,23,25-26,31H,5-7,10-11,16-17,19-22H2,1-4H3,(H,36,41)(H,42,43)/t25-,26+/m0/s1. The van der Waals surface area contributed by atoms with Gasteiger partial charge in [0.05, 0.1) is 18.3 Å². The molecular formula is C35H47N5O8S. The predicted octanol–water partition coefficient (Wildman–Crippen LogP) is 4.33. The van der Waals surface area contributed by atoms with Gasteiger partial charge in [-0.15, -0.1) is 0 Å². The van der Waals surface area contributed by atoms with Crippen molar-refractivity contribution in [2.45, 2.75) is 69.4 Å². The van der Waals surface area contributed by atoms with Crippen molar-refractivity contribution in [2.75, 3.05) is 54.6 Å². The van der Waals surface area contributed by atoms with Crippen LogP contribution in [0.3, 0.4) is 0 Å². The second kappa shape index (κ2) is 14.7. The molecule has 1 aromatic heterocycles. The molecule has 0 radical (unpaired) electrons. The van der Waals surface area contributed by atoms with E-state index >= 15 is 0 Å². The van der Waals surface area contributed by atoms with Crippen LogP contribution in [0.15, 0.2) is 42.5 Å². The minimum atomic E-state index is -4.20. The minimum absolute atomic E-state index is 0.0295. The molecular weight excluding hydrogens is 650 g/mol. The Kier molecular flexibility index (Phi) is 10.5. The van der Waals surface area contributed by atoms with Crippen molar-refractivity contribution in [3.63, 3.8) is 0 Å². The van der Waals surface area contributed by atoms with Crippen molar-refractivity contribution in [1.29, 1.82) is 0 Å². The Hall–Kier alpha value is -3.69. The van der Waals surface area contributed by atoms with Gasteiger partial charge in [0.2, 0.25) is 0 Å². The number of benzene rings is 2. The molecule has 14 heteroatoms. The lowest BCUT2D eigenvalue weighted by atomic mass is 9.81. The van der Waals surface area contributed by atoms with Crippen LogP contribution in [0.2, 0.25) is 0 Å². The average molecular weight is 698 g/mol. The molecule has 2 amide bonds. The third kappa shape index (κ3) is 7.15. The van der Waals surface area contributed by atoms with Crippen molar-refractivity contribution in [1.82, 2.24) is 23.4 Å². The van der Waals surface area contributed by atoms with Gasteiger partial charge in [0.25, 0.3) is 5.91 Å². The van der Waals surface area contributed by atoms with E-state index in [0.717, 1.165) is 64.3 Å². The number of fused-ring (bicyclic) bond motifs is 5. The average Bonchev–Trinajstić information content (AvgIpc) is 3.71. The Morgan fingerprint density at radius 3 is 2.45 bits per heavy atom. The van der Waals surface area contributed by atoms with Crippen molar-refractivity contribution < 1.29 is 37.3 Å². The predicted molar refractivity (Wildman–Crippen MR) is 185 cm³/mol. The zero-order chi connectivity index (χ0) is 34.9. The monoisotopic (exact) mass is 697 g/mol. The van der Waals surface area contributed by atoms with Gasteiger partial charge >= 0.3 is 16.3 Å². The molecule has 2 N–H and O–H groups in total. The number of aromatic nitrogens is 1. The Morgan fingerprint density at radius 2 is 1.76 bits per heavy atom. The lowest BCUT2D eigenvalue weighted by Gasteiger charge is -2.35. The largest absolute Gasteiger partial charge is 0.491 e. The summed E-state index contributed by atoms with van der Waals surface area (Å²) < 4.78 is 48.6. The Labute approximate surface area is 287 Å². The molecule has 0 bridgehead atoms. The molecule has 3 aliphatic rings. The van der Waals surface area contributed by atoms with Crippen LogP contribution in [-0.4, -0.2) is 117 Å². The first kappa shape index (κ1) is 35.1. The smallest absolute Gasteiger partial charge is 0.407 e. The Balaban J connectivity index is 1.43. The number of carbonyl (C=O) groups excluding carboxylic acids is 1. The molecule has 0 spiro atoms. The summed E-state index contributed by atoms with van der Waals surface area (Å²) >= 11 is 0. The molecule has 6 rings (SSSR count). The van der Waals surface area contributed by atoms with Crippen molar-refractivity contribution in [3.05, 3.63) is 53.6 Å². The molecule has 3 aromatic rings. The Morgan fingerprint density at radius 1 is 1.02 bits per heavy atom. The van der Waals surface area contributed by atoms with Crippen molar-refractivity contribution in [2.24, 2.45) is 0 Å². The maximum Gasteiger partial charge on any atom is 0.407 e. The number of rotatable bonds is 10. The van der Waals surface area contributed by atoms with Gasteiger partial charge in [0.1, 0.15) is 12.4 Å². The van der Waals surface area contributed by atoms with Crippen LogP contribution in [0.25, 0.3) is 22.2 Å². The van der Waals surface area contributed by atoms with E-state index in [1.165, 1.54) is 38.2 Å². The molecule has 3 heterocycles. The number of amides is 2. The zero-order valence-corrected chi connectivity index (χ0v) is 29.4. The summed E-state index contributed by atoms with van der Waals surface area (Å²) in [5.41, 5.74) is 4.35. The summed E-state index contributed by atoms with van der Waals surface area (Å²) in [6, 6.07) is 13.4. The summed E-state index contributed by atoms with van der Waals surface area (Å²) in [5.74, 6) is 0.356. The van der Waals surface area contributed by atoms with Gasteiger partial charge in [-0.05, 0) is 62.1 Å². The highest BCUT2D eigenvalue weighted by Crippen LogP contribution is 2.47. The molecule has 1 aliphatic carbocycles. The summed E-state index contributed by atoms with van der Waals surface area (Å²) in [6.07, 6.45) is 4.62. The lowest BCUT2D eigenvalue weighted by molar-refractivity contribution is -0.106. The molecule has 2 atom stereocenters. The van der Waals surface area contributed by atoms with Crippen LogP contribution < -0.4 is 9.46 Å². The molecule has 2 aliphatic heterocycles. The minimum Gasteiger partial charge on any atom is -0.491 e. The van der Waals surface area contributed by atoms with E-state index in [-0.39, 0.29) is 24.2 Å². The first-order valence-corrected chi connectivity index (χ1v) is 18.4. The summed E-state index contributed by atoms with van der Waals surface area (Å²) in [6.45, 7) is 1.73. The quantitative estimate of drug-likeness (QED) is 0.296. The number of para-hydroxylation sites is 1. The van der Waals surface area contributed by atoms with E-state index in [4.69, 9.17) is 14.2 Å². The van der Waals surface area contributed by atoms with Crippen LogP contribution in [0.1, 0.15) is 60.4 Å². The fraction of sp³-hybridized carbons (Fsp3) is 0.543. The van der Waals surface area contributed by atoms with Gasteiger partial charge in [-0.1, -0.05) is 37.5 Å². The fourth-order valence-electron chi connectivity index (χ4n) is 7.64. The van der Waals surface area contributed by atoms with Crippen LogP contribution in [0, 0.1) is 0 Å². The van der Waals surface area contributed by atoms with Gasteiger partial charge in [-0.3, -0.25) is 9.69 Å². The topological polar surface area (TPSA) is 143 Å². The van der Waals surface area contributed by atoms with Crippen LogP contribution in [0.4, 0.5) is 4.79 Å². The van der Waals surface area contributed by atoms with E-state index in [2.05, 4.69) is 20.3 Å². The highest BCUT2D eigenvalue weighted by molar-refractivity contribution is 7.87. The van der Waals surface area contributed by atoms with E-state index < -0.39 is 28.5 Å². The number of hydrogen-bond donors (Lipinski definition) is 2. The van der Waals surface area contributed by atoms with Crippen molar-refractivity contribution >= 4 is 33.1 Å². The number of methoxy groups -OCH3 is 2. The van der Waals surface area contributed by atoms with Crippen LogP contribution >= 0.6 is 0 Å². The van der Waals surface area contributed by atoms with Gasteiger partial charge in [-0.2, -0.15) is 12.7 Å². The third-order valence-corrected chi connectivity index (χ3v) is 11.9. The second-order valence-electron chi connectivity index (χ2n) is 13.4. The molecule has 1 saturated heterocycles. The Bertz CT molecular complexity index is 1790. The number of likely N-dealkylation sites (N-methyl/N-ethyl adjacent to an activating group) is 2. The molecule has 2 aromatic carbocycles. The SMILES string of the molecule is COC(CN(C)S(=O)(=O)NC(=O)c1ccc2c(C3CCCCC3)c3n(c2c1)C[C@@H](N(C)[C@H]1CCN(C(=O)O)C1)COc1ccccc1-3)OC. The third-order valence-electron chi connectivity index (χ3n) is 10.5. The number of ether oxygens (including phenoxy) is 3. The van der Waals surface area contributed by atoms with Crippen LogP contribution in [-0.2, 0) is 26.2 Å². The van der Waals surface area contributed by atoms with E-state index in [0.29, 0.717) is 32.2 Å². The molecule has 0 unspecified atom stereocenters. The van der Waals surface area contributed by atoms with Crippen molar-refractivity contribution in [3.8, 4) is 17.0 Å². The van der Waals surface area contributed by atoms with E-state index in [1.54, 1.807) is 12.1 Å². The number of carbonyl (C=O) groups is 2. The number of hydrogen-bond acceptors (Lipinski definition) is 8. The molecule has 13 nitrogen and oxygen atoms in total. The highest BCUT2D eigenvalue weighted by Gasteiger charge is 2.36.